The van der Waals surface area contributed by atoms with E-state index in [1.54, 1.807) is 0 Å². The summed E-state index contributed by atoms with van der Waals surface area (Å²) in [6, 6.07) is 0. The molecule has 1 atom stereocenters. The SMILES string of the molecule is CCCS[PH+]=O. The Labute approximate surface area is 43.5 Å². The molecule has 0 radical (unpaired) electrons. The maximum atomic E-state index is 9.68. The monoisotopic (exact) mass is 123 g/mol. The Morgan fingerprint density at radius 2 is 2.50 bits per heavy atom. The van der Waals surface area contributed by atoms with Crippen molar-refractivity contribution >= 4 is 19.0 Å². The highest BCUT2D eigenvalue weighted by Gasteiger charge is 1.86. The highest BCUT2D eigenvalue weighted by molar-refractivity contribution is 8.45. The first-order valence-corrected chi connectivity index (χ1v) is 4.52. The van der Waals surface area contributed by atoms with Gasteiger partial charge in [0, 0.05) is 5.75 Å². The van der Waals surface area contributed by atoms with E-state index in [0.717, 1.165) is 12.2 Å². The van der Waals surface area contributed by atoms with Crippen LogP contribution in [0.25, 0.3) is 0 Å². The van der Waals surface area contributed by atoms with Crippen molar-refractivity contribution in [2.24, 2.45) is 0 Å². The Balaban J connectivity index is 2.49. The molecule has 0 heterocycles. The maximum absolute atomic E-state index is 9.68. The van der Waals surface area contributed by atoms with Crippen molar-refractivity contribution in [3.05, 3.63) is 0 Å². The van der Waals surface area contributed by atoms with Gasteiger partial charge in [-0.1, -0.05) is 11.5 Å². The average molecular weight is 123 g/mol. The van der Waals surface area contributed by atoms with E-state index in [-0.39, 0.29) is 7.66 Å². The number of hydrogen-bond acceptors (Lipinski definition) is 2. The minimum absolute atomic E-state index is 0.169. The molecule has 0 aliphatic rings. The van der Waals surface area contributed by atoms with Crippen LogP contribution in [-0.2, 0) is 4.57 Å². The second-order valence-electron chi connectivity index (χ2n) is 0.932. The fourth-order valence-corrected chi connectivity index (χ4v) is 1.29. The predicted molar refractivity (Wildman–Crippen MR) is 31.8 cm³/mol. The molecule has 1 nitrogen and oxygen atoms in total. The van der Waals surface area contributed by atoms with Crippen LogP contribution in [0.1, 0.15) is 13.3 Å². The molecule has 0 bridgehead atoms. The van der Waals surface area contributed by atoms with E-state index in [9.17, 15) is 4.57 Å². The molecule has 0 saturated heterocycles. The van der Waals surface area contributed by atoms with Crippen LogP contribution in [0.5, 0.6) is 0 Å². The van der Waals surface area contributed by atoms with E-state index in [2.05, 4.69) is 6.92 Å². The first-order chi connectivity index (χ1) is 2.91. The highest BCUT2D eigenvalue weighted by atomic mass is 32.7. The van der Waals surface area contributed by atoms with Crippen molar-refractivity contribution in [2.45, 2.75) is 13.3 Å². The number of rotatable bonds is 3. The highest BCUT2D eigenvalue weighted by Crippen LogP contribution is 2.16. The van der Waals surface area contributed by atoms with Crippen LogP contribution in [0.3, 0.4) is 0 Å². The van der Waals surface area contributed by atoms with E-state index in [4.69, 9.17) is 0 Å². The molecule has 0 rings (SSSR count). The van der Waals surface area contributed by atoms with Gasteiger partial charge in [0.2, 0.25) is 0 Å². The summed E-state index contributed by atoms with van der Waals surface area (Å²) >= 11 is 1.48. The summed E-state index contributed by atoms with van der Waals surface area (Å²) in [7, 11) is -0.169. The molecule has 0 spiro atoms. The summed E-state index contributed by atoms with van der Waals surface area (Å²) in [5.74, 6) is 1.03. The summed E-state index contributed by atoms with van der Waals surface area (Å²) < 4.78 is 9.68. The van der Waals surface area contributed by atoms with Gasteiger partial charge in [-0.3, -0.25) is 0 Å². The zero-order valence-electron chi connectivity index (χ0n) is 3.73. The molecule has 3 heteroatoms. The Kier molecular flexibility index (Phi) is 5.86. The Bertz CT molecular complexity index is 39.8. The van der Waals surface area contributed by atoms with Crippen molar-refractivity contribution < 1.29 is 4.57 Å². The lowest BCUT2D eigenvalue weighted by atomic mass is 10.6. The third-order valence-corrected chi connectivity index (χ3v) is 2.06. The third-order valence-electron chi connectivity index (χ3n) is 0.365. The molecule has 1 unspecified atom stereocenters. The van der Waals surface area contributed by atoms with Gasteiger partial charge < -0.3 is 0 Å². The lowest BCUT2D eigenvalue weighted by Crippen LogP contribution is -1.61. The molecule has 36 valence electrons. The van der Waals surface area contributed by atoms with Gasteiger partial charge in [0.15, 0.2) is 0 Å². The predicted octanol–water partition coefficient (Wildman–Crippen LogP) is 2.07. The van der Waals surface area contributed by atoms with Crippen LogP contribution in [0, 0.1) is 0 Å². The van der Waals surface area contributed by atoms with Crippen LogP contribution in [0.2, 0.25) is 0 Å². The van der Waals surface area contributed by atoms with Gasteiger partial charge in [0.05, 0.1) is 0 Å². The molecule has 0 saturated carbocycles. The van der Waals surface area contributed by atoms with Gasteiger partial charge in [-0.05, 0) is 6.42 Å². The van der Waals surface area contributed by atoms with Crippen molar-refractivity contribution in [3.63, 3.8) is 0 Å². The van der Waals surface area contributed by atoms with E-state index in [1.807, 2.05) is 0 Å². The molecule has 0 aliphatic heterocycles. The largest absolute Gasteiger partial charge is 0.396 e. The lowest BCUT2D eigenvalue weighted by Gasteiger charge is -1.70. The van der Waals surface area contributed by atoms with Crippen molar-refractivity contribution in [1.29, 1.82) is 0 Å². The van der Waals surface area contributed by atoms with Gasteiger partial charge in [-0.2, -0.15) is 0 Å². The smallest absolute Gasteiger partial charge is 0.0644 e. The summed E-state index contributed by atoms with van der Waals surface area (Å²) in [4.78, 5) is 0. The van der Waals surface area contributed by atoms with Crippen LogP contribution in [0.4, 0.5) is 0 Å². The van der Waals surface area contributed by atoms with E-state index in [0.29, 0.717) is 0 Å². The minimum Gasteiger partial charge on any atom is -0.0644 e. The zero-order valence-corrected chi connectivity index (χ0v) is 5.55. The Morgan fingerprint density at radius 3 is 2.67 bits per heavy atom. The quantitative estimate of drug-likeness (QED) is 0.422. The molecular formula is C3H8OPS+. The van der Waals surface area contributed by atoms with Gasteiger partial charge in [0.1, 0.15) is 11.4 Å². The topological polar surface area (TPSA) is 17.1 Å². The normalized spacial score (nSPS) is 9.50. The third kappa shape index (κ3) is 4.45. The van der Waals surface area contributed by atoms with Crippen LogP contribution in [-0.4, -0.2) is 5.75 Å². The van der Waals surface area contributed by atoms with E-state index in [1.165, 1.54) is 11.4 Å². The molecule has 0 aromatic carbocycles. The summed E-state index contributed by atoms with van der Waals surface area (Å²) in [5, 5.41) is 0. The number of hydrogen-bond donors (Lipinski definition) is 0. The zero-order chi connectivity index (χ0) is 4.83. The van der Waals surface area contributed by atoms with Crippen LogP contribution < -0.4 is 0 Å². The van der Waals surface area contributed by atoms with Crippen LogP contribution >= 0.6 is 19.0 Å². The van der Waals surface area contributed by atoms with Gasteiger partial charge in [0.25, 0.3) is 0 Å². The average Bonchev–Trinajstić information content (AvgIpc) is 1.61. The fourth-order valence-electron chi connectivity index (χ4n) is 0.144. The molecule has 0 aliphatic carbocycles. The second-order valence-corrected chi connectivity index (χ2v) is 3.16. The second kappa shape index (κ2) is 5.45. The molecule has 0 N–H and O–H groups in total. The van der Waals surface area contributed by atoms with E-state index >= 15 is 0 Å². The first kappa shape index (κ1) is 6.45. The van der Waals surface area contributed by atoms with Gasteiger partial charge in [-0.15, -0.1) is 0 Å². The molecular weight excluding hydrogens is 115 g/mol. The first-order valence-electron chi connectivity index (χ1n) is 1.90. The molecule has 0 amide bonds. The lowest BCUT2D eigenvalue weighted by molar-refractivity contribution is 0.605. The van der Waals surface area contributed by atoms with Crippen LogP contribution in [0.15, 0.2) is 0 Å². The molecule has 0 aromatic rings. The van der Waals surface area contributed by atoms with Gasteiger partial charge >= 0.3 is 7.66 Å². The van der Waals surface area contributed by atoms with Gasteiger partial charge in [-0.25, -0.2) is 0 Å². The summed E-state index contributed by atoms with van der Waals surface area (Å²) in [6.45, 7) is 2.08. The summed E-state index contributed by atoms with van der Waals surface area (Å²) in [5.41, 5.74) is 0. The van der Waals surface area contributed by atoms with Crippen molar-refractivity contribution in [2.75, 3.05) is 5.75 Å². The molecule has 6 heavy (non-hydrogen) atoms. The summed E-state index contributed by atoms with van der Waals surface area (Å²) in [6.07, 6.45) is 1.12. The standard InChI is InChI=1S/C3H7OPS/c1-2-3-6-5-4/h2-3H2,1H3/p+1. The van der Waals surface area contributed by atoms with Crippen molar-refractivity contribution in [3.8, 4) is 0 Å². The van der Waals surface area contributed by atoms with E-state index < -0.39 is 0 Å². The van der Waals surface area contributed by atoms with Crippen molar-refractivity contribution in [1.82, 2.24) is 0 Å². The molecule has 0 fully saturated rings. The maximum Gasteiger partial charge on any atom is 0.396 e. The Hall–Kier alpha value is 0.450. The fraction of sp³-hybridized carbons (Fsp3) is 1.00. The Morgan fingerprint density at radius 1 is 1.83 bits per heavy atom. The molecule has 0 aromatic heterocycles. The minimum atomic E-state index is -0.169.